The van der Waals surface area contributed by atoms with Crippen LogP contribution in [0.5, 0.6) is 5.75 Å². The van der Waals surface area contributed by atoms with Crippen LogP contribution in [0.1, 0.15) is 0 Å². The monoisotopic (exact) mass is 412 g/mol. The molecule has 110 valence electrons. The van der Waals surface area contributed by atoms with Crippen molar-refractivity contribution in [3.63, 3.8) is 0 Å². The fourth-order valence-electron chi connectivity index (χ4n) is 1.72. The summed E-state index contributed by atoms with van der Waals surface area (Å²) in [6.45, 7) is 0.181. The summed E-state index contributed by atoms with van der Waals surface area (Å²) >= 11 is 6.80. The number of para-hydroxylation sites is 1. The molecular weight excluding hydrogens is 400 g/mol. The molecule has 0 aromatic heterocycles. The normalized spacial score (nSPS) is 10.0. The average Bonchev–Trinajstić information content (AvgIpc) is 2.48. The number of nitrogens with one attached hydrogen (secondary N) is 2. The van der Waals surface area contributed by atoms with Crippen LogP contribution in [0.3, 0.4) is 0 Å². The van der Waals surface area contributed by atoms with Crippen molar-refractivity contribution in [2.45, 2.75) is 0 Å². The molecule has 2 rings (SSSR count). The molecular formula is C15H14Br2N2O2. The fourth-order valence-corrected chi connectivity index (χ4v) is 2.64. The molecule has 0 bridgehead atoms. The molecule has 21 heavy (non-hydrogen) atoms. The Balaban J connectivity index is 1.92. The Morgan fingerprint density at radius 3 is 2.57 bits per heavy atom. The van der Waals surface area contributed by atoms with E-state index in [0.717, 1.165) is 26.1 Å². The zero-order chi connectivity index (χ0) is 15.2. The van der Waals surface area contributed by atoms with Gasteiger partial charge in [-0.3, -0.25) is 4.79 Å². The van der Waals surface area contributed by atoms with E-state index in [9.17, 15) is 4.79 Å². The second-order valence-electron chi connectivity index (χ2n) is 4.23. The van der Waals surface area contributed by atoms with Crippen molar-refractivity contribution < 1.29 is 9.53 Å². The highest BCUT2D eigenvalue weighted by molar-refractivity contribution is 9.11. The maximum absolute atomic E-state index is 11.9. The van der Waals surface area contributed by atoms with Crippen LogP contribution >= 0.6 is 31.9 Å². The molecule has 0 saturated carbocycles. The number of methoxy groups -OCH3 is 1. The maximum atomic E-state index is 11.9. The van der Waals surface area contributed by atoms with Crippen LogP contribution in [-0.4, -0.2) is 19.6 Å². The van der Waals surface area contributed by atoms with Gasteiger partial charge in [-0.15, -0.1) is 0 Å². The van der Waals surface area contributed by atoms with Gasteiger partial charge in [0.1, 0.15) is 5.75 Å². The molecule has 0 unspecified atom stereocenters. The first-order valence-electron chi connectivity index (χ1n) is 6.22. The summed E-state index contributed by atoms with van der Waals surface area (Å²) in [7, 11) is 1.61. The number of rotatable bonds is 5. The number of carbonyl (C=O) groups excluding carboxylic acids is 1. The van der Waals surface area contributed by atoms with Gasteiger partial charge in [0.25, 0.3) is 0 Å². The summed E-state index contributed by atoms with van der Waals surface area (Å²) in [5.74, 6) is 0.632. The number of ether oxygens (including phenoxy) is 1. The van der Waals surface area contributed by atoms with E-state index >= 15 is 0 Å². The molecule has 1 amide bonds. The Bertz CT molecular complexity index is 647. The molecule has 6 heteroatoms. The second kappa shape index (κ2) is 7.47. The van der Waals surface area contributed by atoms with E-state index in [-0.39, 0.29) is 12.5 Å². The summed E-state index contributed by atoms with van der Waals surface area (Å²) in [6, 6.07) is 13.0. The molecule has 0 radical (unpaired) electrons. The lowest BCUT2D eigenvalue weighted by atomic mass is 10.3. The van der Waals surface area contributed by atoms with Crippen LogP contribution in [-0.2, 0) is 4.79 Å². The zero-order valence-corrected chi connectivity index (χ0v) is 14.5. The van der Waals surface area contributed by atoms with E-state index < -0.39 is 0 Å². The summed E-state index contributed by atoms with van der Waals surface area (Å²) in [4.78, 5) is 11.9. The quantitative estimate of drug-likeness (QED) is 0.769. The lowest BCUT2D eigenvalue weighted by molar-refractivity contribution is -0.114. The molecule has 0 heterocycles. The number of hydrogen-bond donors (Lipinski definition) is 2. The third-order valence-corrected chi connectivity index (χ3v) is 4.06. The molecule has 0 saturated heterocycles. The lowest BCUT2D eigenvalue weighted by Crippen LogP contribution is -2.21. The molecule has 2 N–H and O–H groups in total. The number of amides is 1. The van der Waals surface area contributed by atoms with E-state index in [4.69, 9.17) is 4.74 Å². The van der Waals surface area contributed by atoms with Crippen molar-refractivity contribution in [1.82, 2.24) is 0 Å². The first kappa shape index (κ1) is 15.9. The van der Waals surface area contributed by atoms with Crippen molar-refractivity contribution >= 4 is 49.1 Å². The van der Waals surface area contributed by atoms with Gasteiger partial charge in [-0.1, -0.05) is 12.1 Å². The van der Waals surface area contributed by atoms with Gasteiger partial charge in [-0.2, -0.15) is 0 Å². The first-order valence-corrected chi connectivity index (χ1v) is 7.80. The largest absolute Gasteiger partial charge is 0.496 e. The van der Waals surface area contributed by atoms with Crippen molar-refractivity contribution in [3.8, 4) is 5.75 Å². The van der Waals surface area contributed by atoms with Gasteiger partial charge >= 0.3 is 0 Å². The molecule has 0 aliphatic rings. The number of hydrogen-bond acceptors (Lipinski definition) is 3. The standard InChI is InChI=1S/C15H14Br2N2O2/c1-21-14-7-6-10(8-12(14)17)18-9-15(20)19-13-5-3-2-4-11(13)16/h2-8,18H,9H2,1H3,(H,19,20). The highest BCUT2D eigenvalue weighted by atomic mass is 79.9. The minimum Gasteiger partial charge on any atom is -0.496 e. The predicted octanol–water partition coefficient (Wildman–Crippen LogP) is 4.27. The van der Waals surface area contributed by atoms with E-state index in [2.05, 4.69) is 42.5 Å². The molecule has 4 nitrogen and oxygen atoms in total. The van der Waals surface area contributed by atoms with Gasteiger partial charge in [0.15, 0.2) is 0 Å². The van der Waals surface area contributed by atoms with Gasteiger partial charge in [-0.05, 0) is 62.2 Å². The van der Waals surface area contributed by atoms with Crippen LogP contribution in [0.15, 0.2) is 51.4 Å². The van der Waals surface area contributed by atoms with E-state index in [0.29, 0.717) is 0 Å². The smallest absolute Gasteiger partial charge is 0.243 e. The fraction of sp³-hybridized carbons (Fsp3) is 0.133. The highest BCUT2D eigenvalue weighted by Gasteiger charge is 2.06. The Morgan fingerprint density at radius 1 is 1.14 bits per heavy atom. The van der Waals surface area contributed by atoms with Gasteiger partial charge in [0, 0.05) is 10.2 Å². The summed E-state index contributed by atoms with van der Waals surface area (Å²) < 4.78 is 6.85. The Kier molecular flexibility index (Phi) is 5.64. The minimum atomic E-state index is -0.117. The minimum absolute atomic E-state index is 0.117. The number of carbonyl (C=O) groups is 1. The van der Waals surface area contributed by atoms with E-state index in [1.807, 2.05) is 42.5 Å². The van der Waals surface area contributed by atoms with E-state index in [1.54, 1.807) is 7.11 Å². The summed E-state index contributed by atoms with van der Waals surface area (Å²) in [6.07, 6.45) is 0. The van der Waals surface area contributed by atoms with Crippen LogP contribution in [0.4, 0.5) is 11.4 Å². The first-order chi connectivity index (χ1) is 10.1. The zero-order valence-electron chi connectivity index (χ0n) is 11.3. The summed E-state index contributed by atoms with van der Waals surface area (Å²) in [5.41, 5.74) is 1.59. The van der Waals surface area contributed by atoms with Crippen molar-refractivity contribution in [3.05, 3.63) is 51.4 Å². The van der Waals surface area contributed by atoms with Gasteiger partial charge in [0.2, 0.25) is 5.91 Å². The molecule has 0 atom stereocenters. The molecule has 2 aromatic carbocycles. The molecule has 0 aliphatic heterocycles. The SMILES string of the molecule is COc1ccc(NCC(=O)Nc2ccccc2Br)cc1Br. The Labute approximate surface area is 140 Å². The second-order valence-corrected chi connectivity index (χ2v) is 5.94. The average molecular weight is 414 g/mol. The molecule has 0 spiro atoms. The molecule has 0 fully saturated rings. The summed E-state index contributed by atoms with van der Waals surface area (Å²) in [5, 5.41) is 5.90. The molecule has 0 aliphatic carbocycles. The van der Waals surface area contributed by atoms with Crippen molar-refractivity contribution in [2.24, 2.45) is 0 Å². The third kappa shape index (κ3) is 4.47. The van der Waals surface area contributed by atoms with Crippen LogP contribution in [0, 0.1) is 0 Å². The number of halogens is 2. The van der Waals surface area contributed by atoms with Gasteiger partial charge < -0.3 is 15.4 Å². The molecule has 2 aromatic rings. The lowest BCUT2D eigenvalue weighted by Gasteiger charge is -2.10. The maximum Gasteiger partial charge on any atom is 0.243 e. The Hall–Kier alpha value is -1.53. The Morgan fingerprint density at radius 2 is 1.90 bits per heavy atom. The van der Waals surface area contributed by atoms with Crippen molar-refractivity contribution in [1.29, 1.82) is 0 Å². The van der Waals surface area contributed by atoms with Crippen molar-refractivity contribution in [2.75, 3.05) is 24.3 Å². The predicted molar refractivity (Wildman–Crippen MR) is 92.0 cm³/mol. The topological polar surface area (TPSA) is 50.4 Å². The number of benzene rings is 2. The van der Waals surface area contributed by atoms with Gasteiger partial charge in [0.05, 0.1) is 23.8 Å². The third-order valence-electron chi connectivity index (χ3n) is 2.75. The van der Waals surface area contributed by atoms with Crippen LogP contribution in [0.2, 0.25) is 0 Å². The highest BCUT2D eigenvalue weighted by Crippen LogP contribution is 2.27. The van der Waals surface area contributed by atoms with Crippen LogP contribution < -0.4 is 15.4 Å². The van der Waals surface area contributed by atoms with Gasteiger partial charge in [-0.25, -0.2) is 0 Å². The van der Waals surface area contributed by atoms with E-state index in [1.165, 1.54) is 0 Å². The van der Waals surface area contributed by atoms with Crippen LogP contribution in [0.25, 0.3) is 0 Å². The number of anilines is 2.